The first-order valence-electron chi connectivity index (χ1n) is 7.34. The topological polar surface area (TPSA) is 120 Å². The number of nitro benzene ring substituents is 1. The molecule has 9 nitrogen and oxygen atoms in total. The van der Waals surface area contributed by atoms with E-state index in [9.17, 15) is 14.9 Å². The molecular weight excluding hydrogens is 316 g/mol. The number of hydrogen-bond acceptors (Lipinski definition) is 7. The van der Waals surface area contributed by atoms with Gasteiger partial charge in [0.05, 0.1) is 4.92 Å². The van der Waals surface area contributed by atoms with Crippen LogP contribution in [0.2, 0.25) is 0 Å². The Morgan fingerprint density at radius 3 is 2.71 bits per heavy atom. The minimum absolute atomic E-state index is 0.0138. The predicted molar refractivity (Wildman–Crippen MR) is 83.3 cm³/mol. The molecule has 0 aliphatic carbocycles. The summed E-state index contributed by atoms with van der Waals surface area (Å²) in [6.45, 7) is 5.12. The number of carbonyl (C=O) groups is 1. The van der Waals surface area contributed by atoms with E-state index in [1.807, 2.05) is 13.8 Å². The summed E-state index contributed by atoms with van der Waals surface area (Å²) in [6, 6.07) is 5.40. The molecule has 1 heterocycles. The van der Waals surface area contributed by atoms with E-state index < -0.39 is 16.9 Å². The lowest BCUT2D eigenvalue weighted by Gasteiger charge is -2.18. The van der Waals surface area contributed by atoms with Crippen LogP contribution in [0.15, 0.2) is 28.8 Å². The molecule has 0 aliphatic heterocycles. The molecule has 1 N–H and O–H groups in total. The summed E-state index contributed by atoms with van der Waals surface area (Å²) in [7, 11) is 0. The molecule has 1 unspecified atom stereocenters. The summed E-state index contributed by atoms with van der Waals surface area (Å²) in [6.07, 6.45) is 0. The molecule has 0 bridgehead atoms. The van der Waals surface area contributed by atoms with Crippen LogP contribution in [0.1, 0.15) is 31.6 Å². The summed E-state index contributed by atoms with van der Waals surface area (Å²) >= 11 is 0. The highest BCUT2D eigenvalue weighted by molar-refractivity contribution is 5.78. The van der Waals surface area contributed by atoms with Crippen molar-refractivity contribution in [3.8, 4) is 5.75 Å². The van der Waals surface area contributed by atoms with Gasteiger partial charge >= 0.3 is 5.69 Å². The van der Waals surface area contributed by atoms with E-state index in [2.05, 4.69) is 15.5 Å². The fourth-order valence-corrected chi connectivity index (χ4v) is 2.04. The molecule has 2 aromatic rings. The quantitative estimate of drug-likeness (QED) is 0.608. The first-order chi connectivity index (χ1) is 11.4. The number of carbonyl (C=O) groups excluding carboxylic acids is 1. The molecule has 9 heteroatoms. The van der Waals surface area contributed by atoms with Crippen molar-refractivity contribution in [3.63, 3.8) is 0 Å². The molecule has 0 saturated carbocycles. The number of nitrogens with one attached hydrogen (secondary N) is 1. The molecule has 24 heavy (non-hydrogen) atoms. The molecule has 1 atom stereocenters. The van der Waals surface area contributed by atoms with Gasteiger partial charge in [-0.2, -0.15) is 4.98 Å². The highest BCUT2D eigenvalue weighted by Gasteiger charge is 2.24. The maximum atomic E-state index is 12.1. The molecular formula is C15H18N4O5. The fourth-order valence-electron chi connectivity index (χ4n) is 2.04. The maximum Gasteiger partial charge on any atom is 0.310 e. The molecule has 0 aliphatic rings. The van der Waals surface area contributed by atoms with Gasteiger partial charge in [-0.1, -0.05) is 31.1 Å². The number of benzene rings is 1. The molecule has 1 aromatic heterocycles. The number of aromatic nitrogens is 2. The normalized spacial score (nSPS) is 12.0. The fraction of sp³-hybridized carbons (Fsp3) is 0.400. The van der Waals surface area contributed by atoms with Gasteiger partial charge in [0.1, 0.15) is 6.04 Å². The van der Waals surface area contributed by atoms with Gasteiger partial charge in [0, 0.05) is 6.07 Å². The van der Waals surface area contributed by atoms with Crippen LogP contribution in [-0.2, 0) is 4.79 Å². The number of nitro groups is 1. The summed E-state index contributed by atoms with van der Waals surface area (Å²) < 4.78 is 10.4. The zero-order valence-corrected chi connectivity index (χ0v) is 13.6. The number of para-hydroxylation sites is 2. The van der Waals surface area contributed by atoms with E-state index in [4.69, 9.17) is 9.26 Å². The second-order valence-corrected chi connectivity index (χ2v) is 5.48. The molecule has 0 fully saturated rings. The Kier molecular flexibility index (Phi) is 5.46. The Morgan fingerprint density at radius 1 is 1.42 bits per heavy atom. The van der Waals surface area contributed by atoms with Crippen molar-refractivity contribution in [2.24, 2.45) is 5.92 Å². The monoisotopic (exact) mass is 334 g/mol. The van der Waals surface area contributed by atoms with Crippen LogP contribution in [0.5, 0.6) is 5.75 Å². The highest BCUT2D eigenvalue weighted by Crippen LogP contribution is 2.26. The number of rotatable bonds is 7. The number of aryl methyl sites for hydroxylation is 1. The molecule has 128 valence electrons. The third kappa shape index (κ3) is 4.28. The minimum Gasteiger partial charge on any atom is -0.477 e. The van der Waals surface area contributed by atoms with Crippen molar-refractivity contribution >= 4 is 11.6 Å². The Hall–Kier alpha value is -2.97. The third-order valence-electron chi connectivity index (χ3n) is 3.21. The second kappa shape index (κ2) is 7.53. The Balaban J connectivity index is 2.01. The number of nitrogens with zero attached hydrogens (tertiary/aromatic N) is 3. The van der Waals surface area contributed by atoms with Gasteiger partial charge in [0.15, 0.2) is 18.2 Å². The Labute approximate surface area is 138 Å². The molecule has 0 saturated heterocycles. The van der Waals surface area contributed by atoms with Crippen LogP contribution in [0.4, 0.5) is 5.69 Å². The van der Waals surface area contributed by atoms with Crippen molar-refractivity contribution in [1.29, 1.82) is 0 Å². The molecule has 0 spiro atoms. The first-order valence-corrected chi connectivity index (χ1v) is 7.34. The number of ether oxygens (including phenoxy) is 1. The molecule has 2 rings (SSSR count). The van der Waals surface area contributed by atoms with Crippen molar-refractivity contribution in [2.45, 2.75) is 26.8 Å². The SMILES string of the molecule is Cc1noc(C(NC(=O)COc2ccccc2[N+](=O)[O-])C(C)C)n1. The third-order valence-corrected chi connectivity index (χ3v) is 3.21. The zero-order chi connectivity index (χ0) is 17.7. The lowest BCUT2D eigenvalue weighted by molar-refractivity contribution is -0.385. The largest absolute Gasteiger partial charge is 0.477 e. The minimum atomic E-state index is -0.564. The van der Waals surface area contributed by atoms with E-state index in [0.717, 1.165) is 0 Å². The average molecular weight is 334 g/mol. The van der Waals surface area contributed by atoms with Crippen LogP contribution in [0, 0.1) is 23.0 Å². The highest BCUT2D eigenvalue weighted by atomic mass is 16.6. The predicted octanol–water partition coefficient (Wildman–Crippen LogP) is 2.18. The van der Waals surface area contributed by atoms with E-state index in [-0.39, 0.29) is 24.0 Å². The van der Waals surface area contributed by atoms with Gasteiger partial charge in [-0.25, -0.2) is 0 Å². The van der Waals surface area contributed by atoms with E-state index >= 15 is 0 Å². The second-order valence-electron chi connectivity index (χ2n) is 5.48. The van der Waals surface area contributed by atoms with E-state index in [1.54, 1.807) is 13.0 Å². The van der Waals surface area contributed by atoms with Crippen LogP contribution < -0.4 is 10.1 Å². The standard InChI is InChI=1S/C15H18N4O5/c1-9(2)14(15-16-10(3)18-24-15)17-13(20)8-23-12-7-5-4-6-11(12)19(21)22/h4-7,9,14H,8H2,1-3H3,(H,17,20). The summed E-state index contributed by atoms with van der Waals surface area (Å²) in [5.41, 5.74) is -0.196. The van der Waals surface area contributed by atoms with E-state index in [1.165, 1.54) is 18.2 Å². The van der Waals surface area contributed by atoms with Gasteiger partial charge in [0.25, 0.3) is 5.91 Å². The van der Waals surface area contributed by atoms with Gasteiger partial charge in [-0.3, -0.25) is 14.9 Å². The molecule has 0 radical (unpaired) electrons. The van der Waals surface area contributed by atoms with Crippen molar-refractivity contribution in [3.05, 3.63) is 46.1 Å². The van der Waals surface area contributed by atoms with Crippen molar-refractivity contribution in [2.75, 3.05) is 6.61 Å². The summed E-state index contributed by atoms with van der Waals surface area (Å²) in [5.74, 6) is 0.387. The molecule has 1 amide bonds. The summed E-state index contributed by atoms with van der Waals surface area (Å²) in [5, 5.41) is 17.4. The van der Waals surface area contributed by atoms with Crippen LogP contribution in [0.25, 0.3) is 0 Å². The van der Waals surface area contributed by atoms with Gasteiger partial charge in [-0.15, -0.1) is 0 Å². The zero-order valence-electron chi connectivity index (χ0n) is 13.6. The maximum absolute atomic E-state index is 12.1. The van der Waals surface area contributed by atoms with Crippen LogP contribution >= 0.6 is 0 Å². The van der Waals surface area contributed by atoms with Gasteiger partial charge in [0.2, 0.25) is 5.89 Å². The van der Waals surface area contributed by atoms with Crippen LogP contribution in [-0.4, -0.2) is 27.6 Å². The average Bonchev–Trinajstić information content (AvgIpc) is 2.96. The van der Waals surface area contributed by atoms with E-state index in [0.29, 0.717) is 11.7 Å². The van der Waals surface area contributed by atoms with Crippen LogP contribution in [0.3, 0.4) is 0 Å². The van der Waals surface area contributed by atoms with Gasteiger partial charge in [-0.05, 0) is 18.9 Å². The van der Waals surface area contributed by atoms with Gasteiger partial charge < -0.3 is 14.6 Å². The lowest BCUT2D eigenvalue weighted by Crippen LogP contribution is -2.35. The van der Waals surface area contributed by atoms with Crippen molar-refractivity contribution < 1.29 is 19.0 Å². The Morgan fingerprint density at radius 2 is 2.12 bits per heavy atom. The lowest BCUT2D eigenvalue weighted by atomic mass is 10.0. The summed E-state index contributed by atoms with van der Waals surface area (Å²) in [4.78, 5) is 26.6. The number of hydrogen-bond donors (Lipinski definition) is 1. The Bertz CT molecular complexity index is 728. The smallest absolute Gasteiger partial charge is 0.310 e. The van der Waals surface area contributed by atoms with Crippen molar-refractivity contribution in [1.82, 2.24) is 15.5 Å². The first kappa shape index (κ1) is 17.4. The number of amides is 1. The molecule has 1 aromatic carbocycles.